The van der Waals surface area contributed by atoms with Crippen LogP contribution in [-0.4, -0.2) is 40.4 Å². The number of ether oxygens (including phenoxy) is 1. The summed E-state index contributed by atoms with van der Waals surface area (Å²) in [5.41, 5.74) is -4.75. The van der Waals surface area contributed by atoms with Crippen molar-refractivity contribution in [2.75, 3.05) is 20.2 Å². The molecule has 0 fully saturated rings. The van der Waals surface area contributed by atoms with E-state index in [4.69, 9.17) is 9.84 Å². The van der Waals surface area contributed by atoms with Gasteiger partial charge in [0.2, 0.25) is 0 Å². The number of alkyl halides is 3. The lowest BCUT2D eigenvalue weighted by Crippen LogP contribution is -2.44. The highest BCUT2D eigenvalue weighted by Gasteiger charge is 2.35. The summed E-state index contributed by atoms with van der Waals surface area (Å²) in [4.78, 5) is 37.5. The predicted molar refractivity (Wildman–Crippen MR) is 132 cm³/mol. The van der Waals surface area contributed by atoms with Crippen LogP contribution in [0.3, 0.4) is 0 Å². The molecular weight excluding hydrogens is 529 g/mol. The monoisotopic (exact) mass is 555 g/mol. The number of nitrogens with zero attached hydrogens (tertiary/aromatic N) is 2. The highest BCUT2D eigenvalue weighted by Crippen LogP contribution is 2.34. The van der Waals surface area contributed by atoms with E-state index in [1.54, 1.807) is 0 Å². The van der Waals surface area contributed by atoms with Crippen molar-refractivity contribution in [1.82, 2.24) is 14.5 Å². The molecule has 0 aliphatic heterocycles. The lowest BCUT2D eigenvalue weighted by molar-refractivity contribution is -0.138. The molecule has 0 radical (unpaired) electrons. The largest absolute Gasteiger partial charge is 0.494 e. The van der Waals surface area contributed by atoms with Crippen LogP contribution >= 0.6 is 0 Å². The van der Waals surface area contributed by atoms with Gasteiger partial charge in [0.05, 0.1) is 24.8 Å². The summed E-state index contributed by atoms with van der Waals surface area (Å²) < 4.78 is 77.3. The Kier molecular flexibility index (Phi) is 9.28. The first-order valence-corrected chi connectivity index (χ1v) is 11.8. The molecule has 39 heavy (non-hydrogen) atoms. The highest BCUT2D eigenvalue weighted by molar-refractivity contribution is 5.67. The third-order valence-corrected chi connectivity index (χ3v) is 6.14. The van der Waals surface area contributed by atoms with Crippen LogP contribution in [0.25, 0.3) is 11.1 Å². The standard InChI is InChI=1S/C26H26F5N3O5/c1-15-22(16-6-3-9-20(39-2)23(16)28)24(37)33(13-12-32-11-5-10-21(35)36)25(38)34(15)14-17-18(26(29,30)31)7-4-8-19(17)27/h3-4,6-9,32H,5,10-14H2,1-2H3,(H,35,36). The van der Waals surface area contributed by atoms with Crippen molar-refractivity contribution in [3.63, 3.8) is 0 Å². The third-order valence-electron chi connectivity index (χ3n) is 6.14. The van der Waals surface area contributed by atoms with E-state index in [1.165, 1.54) is 32.2 Å². The van der Waals surface area contributed by atoms with Crippen molar-refractivity contribution < 1.29 is 36.6 Å². The topological polar surface area (TPSA) is 103 Å². The van der Waals surface area contributed by atoms with Crippen molar-refractivity contribution in [2.45, 2.75) is 39.0 Å². The molecule has 0 atom stereocenters. The number of rotatable bonds is 11. The van der Waals surface area contributed by atoms with Crippen LogP contribution in [-0.2, 0) is 24.1 Å². The minimum absolute atomic E-state index is 0.0192. The number of nitrogens with one attached hydrogen (secondary N) is 1. The zero-order chi connectivity index (χ0) is 28.9. The molecule has 0 unspecified atom stereocenters. The fourth-order valence-electron chi connectivity index (χ4n) is 4.18. The van der Waals surface area contributed by atoms with Crippen LogP contribution in [0, 0.1) is 18.6 Å². The number of carboxylic acid groups (broad SMARTS) is 1. The van der Waals surface area contributed by atoms with Crippen LogP contribution < -0.4 is 21.3 Å². The van der Waals surface area contributed by atoms with E-state index in [0.29, 0.717) is 6.07 Å². The molecule has 0 aliphatic carbocycles. The van der Waals surface area contributed by atoms with Gasteiger partial charge in [-0.05, 0) is 38.1 Å². The molecule has 0 bridgehead atoms. The van der Waals surface area contributed by atoms with Crippen LogP contribution in [0.15, 0.2) is 46.0 Å². The van der Waals surface area contributed by atoms with Crippen molar-refractivity contribution in [3.8, 4) is 16.9 Å². The number of aliphatic carboxylic acids is 1. The second kappa shape index (κ2) is 12.2. The van der Waals surface area contributed by atoms with E-state index in [2.05, 4.69) is 5.32 Å². The Bertz CT molecular complexity index is 1480. The lowest BCUT2D eigenvalue weighted by atomic mass is 10.0. The summed E-state index contributed by atoms with van der Waals surface area (Å²) in [6.07, 6.45) is -4.76. The molecule has 1 heterocycles. The molecule has 0 saturated carbocycles. The minimum atomic E-state index is -4.93. The zero-order valence-electron chi connectivity index (χ0n) is 21.1. The molecular formula is C26H26F5N3O5. The molecule has 0 spiro atoms. The Balaban J connectivity index is 2.18. The van der Waals surface area contributed by atoms with Crippen molar-refractivity contribution in [2.24, 2.45) is 0 Å². The summed E-state index contributed by atoms with van der Waals surface area (Å²) >= 11 is 0. The molecule has 3 aromatic rings. The lowest BCUT2D eigenvalue weighted by Gasteiger charge is -2.20. The Morgan fingerprint density at radius 3 is 2.38 bits per heavy atom. The van der Waals surface area contributed by atoms with Crippen LogP contribution in [0.2, 0.25) is 0 Å². The van der Waals surface area contributed by atoms with Crippen molar-refractivity contribution in [1.29, 1.82) is 0 Å². The molecule has 13 heteroatoms. The Labute approximate surface area is 219 Å². The number of halogens is 5. The van der Waals surface area contributed by atoms with E-state index >= 15 is 4.39 Å². The second-order valence-electron chi connectivity index (χ2n) is 8.62. The molecule has 0 amide bonds. The smallest absolute Gasteiger partial charge is 0.416 e. The van der Waals surface area contributed by atoms with Gasteiger partial charge in [-0.15, -0.1) is 0 Å². The molecule has 3 rings (SSSR count). The van der Waals surface area contributed by atoms with E-state index in [1.807, 2.05) is 0 Å². The summed E-state index contributed by atoms with van der Waals surface area (Å²) in [5, 5.41) is 11.6. The first-order chi connectivity index (χ1) is 18.4. The first-order valence-electron chi connectivity index (χ1n) is 11.8. The van der Waals surface area contributed by atoms with E-state index in [-0.39, 0.29) is 55.0 Å². The Morgan fingerprint density at radius 2 is 1.74 bits per heavy atom. The van der Waals surface area contributed by atoms with E-state index in [0.717, 1.165) is 21.3 Å². The minimum Gasteiger partial charge on any atom is -0.494 e. The molecule has 1 aromatic heterocycles. The SMILES string of the molecule is COc1cccc(-c2c(C)n(Cc3c(F)cccc3C(F)(F)F)c(=O)n(CCNCCCC(=O)O)c2=O)c1F. The maximum absolute atomic E-state index is 15.2. The quantitative estimate of drug-likeness (QED) is 0.276. The van der Waals surface area contributed by atoms with Crippen LogP contribution in [0.5, 0.6) is 5.75 Å². The number of hydrogen-bond acceptors (Lipinski definition) is 5. The number of methoxy groups -OCH3 is 1. The van der Waals surface area contributed by atoms with Gasteiger partial charge in [-0.1, -0.05) is 18.2 Å². The summed E-state index contributed by atoms with van der Waals surface area (Å²) in [5.74, 6) is -3.33. The zero-order valence-corrected chi connectivity index (χ0v) is 21.1. The number of carboxylic acids is 1. The molecule has 8 nitrogen and oxygen atoms in total. The molecule has 210 valence electrons. The van der Waals surface area contributed by atoms with Gasteiger partial charge in [0.15, 0.2) is 11.6 Å². The number of benzene rings is 2. The molecule has 2 N–H and O–H groups in total. The maximum atomic E-state index is 15.2. The number of aromatic nitrogens is 2. The normalized spacial score (nSPS) is 11.6. The average Bonchev–Trinajstić information content (AvgIpc) is 2.86. The van der Waals surface area contributed by atoms with Crippen LogP contribution in [0.1, 0.15) is 29.7 Å². The third kappa shape index (κ3) is 6.53. The van der Waals surface area contributed by atoms with Gasteiger partial charge >= 0.3 is 17.8 Å². The highest BCUT2D eigenvalue weighted by atomic mass is 19.4. The molecule has 0 saturated heterocycles. The van der Waals surface area contributed by atoms with E-state index in [9.17, 15) is 31.9 Å². The second-order valence-corrected chi connectivity index (χ2v) is 8.62. The number of carbonyl (C=O) groups is 1. The van der Waals surface area contributed by atoms with Gasteiger partial charge in [0.1, 0.15) is 5.82 Å². The van der Waals surface area contributed by atoms with Gasteiger partial charge < -0.3 is 15.2 Å². The summed E-state index contributed by atoms with van der Waals surface area (Å²) in [6, 6.07) is 6.36. The first kappa shape index (κ1) is 29.6. The van der Waals surface area contributed by atoms with Gasteiger partial charge in [0, 0.05) is 36.3 Å². The summed E-state index contributed by atoms with van der Waals surface area (Å²) in [6.45, 7) is 0.387. The number of hydrogen-bond donors (Lipinski definition) is 2. The van der Waals surface area contributed by atoms with Crippen molar-refractivity contribution >= 4 is 5.97 Å². The predicted octanol–water partition coefficient (Wildman–Crippen LogP) is 3.79. The van der Waals surface area contributed by atoms with Gasteiger partial charge in [-0.2, -0.15) is 13.2 Å². The van der Waals surface area contributed by atoms with Gasteiger partial charge in [-0.3, -0.25) is 18.7 Å². The molecule has 2 aromatic carbocycles. The van der Waals surface area contributed by atoms with E-state index < -0.39 is 52.7 Å². The average molecular weight is 556 g/mol. The van der Waals surface area contributed by atoms with Gasteiger partial charge in [-0.25, -0.2) is 13.6 Å². The maximum Gasteiger partial charge on any atom is 0.416 e. The Morgan fingerprint density at radius 1 is 1.05 bits per heavy atom. The fourth-order valence-corrected chi connectivity index (χ4v) is 4.18. The van der Waals surface area contributed by atoms with Gasteiger partial charge in [0.25, 0.3) is 5.56 Å². The fraction of sp³-hybridized carbons (Fsp3) is 0.346. The Hall–Kier alpha value is -4.00. The summed E-state index contributed by atoms with van der Waals surface area (Å²) in [7, 11) is 1.21. The molecule has 0 aliphatic rings. The van der Waals surface area contributed by atoms with Crippen molar-refractivity contribution in [3.05, 3.63) is 85.7 Å². The van der Waals surface area contributed by atoms with Crippen LogP contribution in [0.4, 0.5) is 22.0 Å².